The Morgan fingerprint density at radius 1 is 1.28 bits per heavy atom. The van der Waals surface area contributed by atoms with E-state index in [1.54, 1.807) is 0 Å². The molecule has 0 bridgehead atoms. The van der Waals surface area contributed by atoms with Crippen molar-refractivity contribution in [3.05, 3.63) is 35.9 Å². The lowest BCUT2D eigenvalue weighted by Crippen LogP contribution is -2.44. The predicted octanol–water partition coefficient (Wildman–Crippen LogP) is 2.93. The highest BCUT2D eigenvalue weighted by Gasteiger charge is 2.37. The van der Waals surface area contributed by atoms with E-state index in [1.807, 2.05) is 0 Å². The van der Waals surface area contributed by atoms with Gasteiger partial charge < -0.3 is 10.6 Å². The first-order valence-corrected chi connectivity index (χ1v) is 9.91. The number of nitrogens with one attached hydrogen (secondary N) is 2. The first-order valence-electron chi connectivity index (χ1n) is 9.91. The third kappa shape index (κ3) is 5.05. The summed E-state index contributed by atoms with van der Waals surface area (Å²) in [4.78, 5) is 14.8. The van der Waals surface area contributed by atoms with Gasteiger partial charge in [0.15, 0.2) is 0 Å². The summed E-state index contributed by atoms with van der Waals surface area (Å²) in [6.07, 6.45) is 7.20. The lowest BCUT2D eigenvalue weighted by Gasteiger charge is -2.25. The zero-order valence-corrected chi connectivity index (χ0v) is 15.7. The molecule has 138 valence electrons. The number of amides is 1. The average molecular weight is 344 g/mol. The molecule has 4 nitrogen and oxygen atoms in total. The summed E-state index contributed by atoms with van der Waals surface area (Å²) in [6, 6.07) is 11.6. The highest BCUT2D eigenvalue weighted by molar-refractivity contribution is 5.82. The second-order valence-corrected chi connectivity index (χ2v) is 7.94. The fourth-order valence-electron chi connectivity index (χ4n) is 4.30. The second kappa shape index (κ2) is 8.81. The smallest absolute Gasteiger partial charge is 0.237 e. The summed E-state index contributed by atoms with van der Waals surface area (Å²) in [6.45, 7) is 3.94. The first kappa shape index (κ1) is 18.4. The van der Waals surface area contributed by atoms with E-state index < -0.39 is 0 Å². The minimum Gasteiger partial charge on any atom is -0.355 e. The lowest BCUT2D eigenvalue weighted by molar-refractivity contribution is -0.122. The summed E-state index contributed by atoms with van der Waals surface area (Å²) >= 11 is 0. The quantitative estimate of drug-likeness (QED) is 0.800. The Labute approximate surface area is 152 Å². The van der Waals surface area contributed by atoms with Crippen molar-refractivity contribution in [1.82, 2.24) is 15.5 Å². The molecule has 3 rings (SSSR count). The Kier molecular flexibility index (Phi) is 6.49. The maximum absolute atomic E-state index is 12.4. The molecular formula is C21H33N3O. The van der Waals surface area contributed by atoms with Crippen LogP contribution in [0.2, 0.25) is 0 Å². The third-order valence-corrected chi connectivity index (χ3v) is 6.07. The summed E-state index contributed by atoms with van der Waals surface area (Å²) < 4.78 is 0. The third-order valence-electron chi connectivity index (χ3n) is 6.07. The molecule has 4 heteroatoms. The highest BCUT2D eigenvalue weighted by atomic mass is 16.2. The normalized spacial score (nSPS) is 27.1. The molecule has 0 radical (unpaired) electrons. The van der Waals surface area contributed by atoms with Crippen molar-refractivity contribution in [1.29, 1.82) is 0 Å². The van der Waals surface area contributed by atoms with Gasteiger partial charge in [-0.05, 0) is 51.1 Å². The van der Waals surface area contributed by atoms with Gasteiger partial charge in [0.25, 0.3) is 0 Å². The van der Waals surface area contributed by atoms with Crippen LogP contribution in [0.5, 0.6) is 0 Å². The SMILES string of the molecule is CC(CCNC(=O)C1CC2CCCCC2N1)N(C)Cc1ccccc1. The van der Waals surface area contributed by atoms with Gasteiger partial charge in [0, 0.05) is 25.2 Å². The van der Waals surface area contributed by atoms with E-state index >= 15 is 0 Å². The van der Waals surface area contributed by atoms with Crippen molar-refractivity contribution in [2.45, 2.75) is 70.1 Å². The van der Waals surface area contributed by atoms with Crippen molar-refractivity contribution in [3.8, 4) is 0 Å². The molecule has 25 heavy (non-hydrogen) atoms. The molecule has 1 aromatic rings. The number of nitrogens with zero attached hydrogens (tertiary/aromatic N) is 1. The summed E-state index contributed by atoms with van der Waals surface area (Å²) in [5.41, 5.74) is 1.33. The zero-order chi connectivity index (χ0) is 17.6. The molecule has 1 aliphatic heterocycles. The van der Waals surface area contributed by atoms with Crippen molar-refractivity contribution in [3.63, 3.8) is 0 Å². The van der Waals surface area contributed by atoms with Crippen LogP contribution in [0.25, 0.3) is 0 Å². The topological polar surface area (TPSA) is 44.4 Å². The molecule has 2 aliphatic rings. The summed E-state index contributed by atoms with van der Waals surface area (Å²) in [5, 5.41) is 6.72. The number of fused-ring (bicyclic) bond motifs is 1. The van der Waals surface area contributed by atoms with Crippen LogP contribution < -0.4 is 10.6 Å². The molecule has 0 aromatic heterocycles. The van der Waals surface area contributed by atoms with E-state index in [1.165, 1.54) is 31.2 Å². The predicted molar refractivity (Wildman–Crippen MR) is 102 cm³/mol. The molecule has 1 aliphatic carbocycles. The minimum absolute atomic E-state index is 0.0328. The Morgan fingerprint density at radius 3 is 2.80 bits per heavy atom. The average Bonchev–Trinajstić information content (AvgIpc) is 3.06. The van der Waals surface area contributed by atoms with Gasteiger partial charge in [-0.2, -0.15) is 0 Å². The number of carbonyl (C=O) groups excluding carboxylic acids is 1. The van der Waals surface area contributed by atoms with Gasteiger partial charge >= 0.3 is 0 Å². The van der Waals surface area contributed by atoms with Crippen LogP contribution in [-0.2, 0) is 11.3 Å². The van der Waals surface area contributed by atoms with Crippen molar-refractivity contribution in [2.75, 3.05) is 13.6 Å². The van der Waals surface area contributed by atoms with Crippen LogP contribution in [0, 0.1) is 5.92 Å². The molecule has 1 amide bonds. The highest BCUT2D eigenvalue weighted by Crippen LogP contribution is 2.33. The maximum Gasteiger partial charge on any atom is 0.237 e. The summed E-state index contributed by atoms with van der Waals surface area (Å²) in [5.74, 6) is 0.924. The fraction of sp³-hybridized carbons (Fsp3) is 0.667. The number of hydrogen-bond donors (Lipinski definition) is 2. The first-order chi connectivity index (χ1) is 12.1. The van der Waals surface area contributed by atoms with Crippen LogP contribution in [0.15, 0.2) is 30.3 Å². The van der Waals surface area contributed by atoms with Gasteiger partial charge in [0.05, 0.1) is 6.04 Å². The molecule has 2 N–H and O–H groups in total. The Bertz CT molecular complexity index is 533. The fourth-order valence-corrected chi connectivity index (χ4v) is 4.30. The van der Waals surface area contributed by atoms with E-state index in [9.17, 15) is 4.79 Å². The number of rotatable bonds is 7. The Morgan fingerprint density at radius 2 is 2.04 bits per heavy atom. The zero-order valence-electron chi connectivity index (χ0n) is 15.7. The second-order valence-electron chi connectivity index (χ2n) is 7.94. The molecule has 1 heterocycles. The Balaban J connectivity index is 1.36. The van der Waals surface area contributed by atoms with Crippen LogP contribution in [0.4, 0.5) is 0 Å². The van der Waals surface area contributed by atoms with Gasteiger partial charge in [-0.25, -0.2) is 0 Å². The molecule has 1 aromatic carbocycles. The van der Waals surface area contributed by atoms with Crippen LogP contribution in [0.1, 0.15) is 51.0 Å². The lowest BCUT2D eigenvalue weighted by atomic mass is 9.85. The summed E-state index contributed by atoms with van der Waals surface area (Å²) in [7, 11) is 2.16. The van der Waals surface area contributed by atoms with Gasteiger partial charge in [-0.1, -0.05) is 43.2 Å². The van der Waals surface area contributed by atoms with Crippen LogP contribution >= 0.6 is 0 Å². The standard InChI is InChI=1S/C21H33N3O/c1-16(24(2)15-17-8-4-3-5-9-17)12-13-22-21(25)20-14-18-10-6-7-11-19(18)23-20/h3-5,8-9,16,18-20,23H,6-7,10-15H2,1-2H3,(H,22,25). The van der Waals surface area contributed by atoms with Gasteiger partial charge in [0.1, 0.15) is 0 Å². The number of benzene rings is 1. The Hall–Kier alpha value is -1.39. The van der Waals surface area contributed by atoms with Gasteiger partial charge in [-0.3, -0.25) is 9.69 Å². The van der Waals surface area contributed by atoms with Crippen molar-refractivity contribution < 1.29 is 4.79 Å². The number of carbonyl (C=O) groups is 1. The van der Waals surface area contributed by atoms with Gasteiger partial charge in [-0.15, -0.1) is 0 Å². The van der Waals surface area contributed by atoms with E-state index in [0.717, 1.165) is 31.8 Å². The number of hydrogen-bond acceptors (Lipinski definition) is 3. The minimum atomic E-state index is 0.0328. The molecule has 4 atom stereocenters. The molecular weight excluding hydrogens is 310 g/mol. The van der Waals surface area contributed by atoms with Crippen LogP contribution in [-0.4, -0.2) is 42.5 Å². The largest absolute Gasteiger partial charge is 0.355 e. The molecule has 0 spiro atoms. The maximum atomic E-state index is 12.4. The molecule has 1 saturated carbocycles. The van der Waals surface area contributed by atoms with Crippen molar-refractivity contribution in [2.24, 2.45) is 5.92 Å². The monoisotopic (exact) mass is 343 g/mol. The molecule has 1 saturated heterocycles. The van der Waals surface area contributed by atoms with E-state index in [0.29, 0.717) is 12.1 Å². The van der Waals surface area contributed by atoms with Crippen molar-refractivity contribution >= 4 is 5.91 Å². The van der Waals surface area contributed by atoms with E-state index in [2.05, 4.69) is 59.8 Å². The van der Waals surface area contributed by atoms with E-state index in [-0.39, 0.29) is 11.9 Å². The molecule has 4 unspecified atom stereocenters. The van der Waals surface area contributed by atoms with E-state index in [4.69, 9.17) is 0 Å². The van der Waals surface area contributed by atoms with Crippen LogP contribution in [0.3, 0.4) is 0 Å². The van der Waals surface area contributed by atoms with Gasteiger partial charge in [0.2, 0.25) is 5.91 Å². The molecule has 2 fully saturated rings.